The van der Waals surface area contributed by atoms with Gasteiger partial charge in [0, 0.05) is 26.5 Å². The van der Waals surface area contributed by atoms with Gasteiger partial charge in [0.15, 0.2) is 5.54 Å². The SMILES string of the molecule is Cc1ccc(S(=O)(=O)N=P(C2=C(P(=NS(=O)(=O)c3ccc(C)cc3)(c3ccccc3)c3ccccc3)C3(N=N2)c2ccccc2-c2ccccc23)(c2ccccc2)c2ccccc2)cc1. The van der Waals surface area contributed by atoms with Crippen molar-refractivity contribution in [3.05, 3.63) is 251 Å². The molecule has 0 saturated carbocycles. The van der Waals surface area contributed by atoms with Gasteiger partial charge in [-0.15, -0.1) is 0 Å². The Morgan fingerprint density at radius 1 is 0.400 bits per heavy atom. The quantitative estimate of drug-likeness (QED) is 0.127. The number of azo groups is 1. The van der Waals surface area contributed by atoms with E-state index in [0.29, 0.717) is 26.5 Å². The van der Waals surface area contributed by atoms with E-state index in [0.717, 1.165) is 33.4 Å². The Morgan fingerprint density at radius 3 is 1.11 bits per heavy atom. The molecule has 12 heteroatoms. The van der Waals surface area contributed by atoms with Crippen molar-refractivity contribution < 1.29 is 16.8 Å². The maximum absolute atomic E-state index is 15.6. The smallest absolute Gasteiger partial charge is 0.199 e. The average molecular weight is 925 g/mol. The minimum Gasteiger partial charge on any atom is -0.199 e. The predicted octanol–water partition coefficient (Wildman–Crippen LogP) is 11.6. The first-order chi connectivity index (χ1) is 31.5. The molecular formula is C53H42N4O4P2S2. The predicted molar refractivity (Wildman–Crippen MR) is 264 cm³/mol. The second-order valence-corrected chi connectivity index (χ2v) is 25.7. The van der Waals surface area contributed by atoms with Gasteiger partial charge < -0.3 is 0 Å². The summed E-state index contributed by atoms with van der Waals surface area (Å²) in [5, 5.41) is 13.7. The van der Waals surface area contributed by atoms with Crippen LogP contribution < -0.4 is 21.2 Å². The number of hydrogen-bond acceptors (Lipinski definition) is 6. The van der Waals surface area contributed by atoms with Gasteiger partial charge in [0.1, 0.15) is 5.44 Å². The Bertz CT molecular complexity index is 3400. The van der Waals surface area contributed by atoms with Crippen LogP contribution >= 0.6 is 14.1 Å². The van der Waals surface area contributed by atoms with Gasteiger partial charge in [0.25, 0.3) is 20.0 Å². The number of sulfonamides is 2. The summed E-state index contributed by atoms with van der Waals surface area (Å²) < 4.78 is 72.5. The molecule has 1 aliphatic heterocycles. The summed E-state index contributed by atoms with van der Waals surface area (Å²) in [5.74, 6) is 0. The molecule has 320 valence electrons. The topological polar surface area (TPSA) is 118 Å². The highest BCUT2D eigenvalue weighted by molar-refractivity contribution is 8.00. The van der Waals surface area contributed by atoms with Gasteiger partial charge in [0.05, 0.1) is 23.9 Å². The molecule has 0 fully saturated rings. The molecule has 10 rings (SSSR count). The molecule has 0 bridgehead atoms. The minimum absolute atomic E-state index is 0.0153. The van der Waals surface area contributed by atoms with Crippen LogP contribution in [-0.2, 0) is 25.6 Å². The molecule has 0 aromatic heterocycles. The van der Waals surface area contributed by atoms with Crippen LogP contribution in [0.1, 0.15) is 22.3 Å². The van der Waals surface area contributed by atoms with Crippen LogP contribution in [0.5, 0.6) is 0 Å². The summed E-state index contributed by atoms with van der Waals surface area (Å²) in [4.78, 5) is 0.0370. The van der Waals surface area contributed by atoms with Crippen molar-refractivity contribution in [2.24, 2.45) is 18.5 Å². The monoisotopic (exact) mass is 924 g/mol. The van der Waals surface area contributed by atoms with Gasteiger partial charge in [0.2, 0.25) is 0 Å². The highest BCUT2D eigenvalue weighted by Gasteiger charge is 2.59. The lowest BCUT2D eigenvalue weighted by Crippen LogP contribution is -2.31. The van der Waals surface area contributed by atoms with Crippen LogP contribution in [0.15, 0.2) is 257 Å². The van der Waals surface area contributed by atoms with E-state index in [9.17, 15) is 0 Å². The molecule has 0 N–H and O–H groups in total. The van der Waals surface area contributed by atoms with Gasteiger partial charge >= 0.3 is 0 Å². The molecule has 0 unspecified atom stereocenters. The van der Waals surface area contributed by atoms with Crippen molar-refractivity contribution in [1.29, 1.82) is 0 Å². The fraction of sp³-hybridized carbons (Fsp3) is 0.0566. The van der Waals surface area contributed by atoms with Gasteiger partial charge in [-0.1, -0.05) is 205 Å². The summed E-state index contributed by atoms with van der Waals surface area (Å²) in [6.07, 6.45) is 0. The lowest BCUT2D eigenvalue weighted by atomic mass is 9.88. The molecule has 0 atom stereocenters. The Morgan fingerprint density at radius 2 is 0.723 bits per heavy atom. The number of nitrogens with zero attached hydrogens (tertiary/aromatic N) is 4. The molecule has 2 aliphatic rings. The number of rotatable bonds is 10. The normalized spacial score (nSPS) is 14.2. The van der Waals surface area contributed by atoms with E-state index >= 15 is 16.8 Å². The molecule has 1 heterocycles. The van der Waals surface area contributed by atoms with E-state index in [-0.39, 0.29) is 15.2 Å². The average Bonchev–Trinajstić information content (AvgIpc) is 3.88. The zero-order valence-electron chi connectivity index (χ0n) is 35.4. The first-order valence-corrected chi connectivity index (χ1v) is 27.4. The van der Waals surface area contributed by atoms with E-state index < -0.39 is 39.7 Å². The molecule has 65 heavy (non-hydrogen) atoms. The molecule has 8 aromatic carbocycles. The summed E-state index contributed by atoms with van der Waals surface area (Å²) >= 11 is 0. The van der Waals surface area contributed by atoms with Crippen molar-refractivity contribution >= 4 is 55.4 Å². The van der Waals surface area contributed by atoms with E-state index in [4.69, 9.17) is 18.5 Å². The van der Waals surface area contributed by atoms with Crippen LogP contribution in [0.4, 0.5) is 0 Å². The number of fused-ring (bicyclic) bond motifs is 5. The van der Waals surface area contributed by atoms with Gasteiger partial charge in [-0.3, -0.25) is 0 Å². The Hall–Kier alpha value is -6.54. The minimum atomic E-state index is -4.53. The molecule has 1 spiro atoms. The summed E-state index contributed by atoms with van der Waals surface area (Å²) in [5.41, 5.74) is 3.88. The third-order valence-corrected chi connectivity index (χ3v) is 23.9. The molecule has 0 saturated heterocycles. The second kappa shape index (κ2) is 16.5. The zero-order valence-corrected chi connectivity index (χ0v) is 38.8. The summed E-state index contributed by atoms with van der Waals surface area (Å²) in [6.45, 7) is 3.80. The van der Waals surface area contributed by atoms with Crippen molar-refractivity contribution in [1.82, 2.24) is 0 Å². The number of aryl methyl sites for hydroxylation is 2. The highest BCUT2D eigenvalue weighted by atomic mass is 32.2. The molecule has 8 nitrogen and oxygen atoms in total. The van der Waals surface area contributed by atoms with E-state index in [1.165, 1.54) is 0 Å². The van der Waals surface area contributed by atoms with Crippen LogP contribution in [0.25, 0.3) is 11.1 Å². The van der Waals surface area contributed by atoms with Crippen molar-refractivity contribution in [2.75, 3.05) is 0 Å². The Balaban J connectivity index is 1.53. The van der Waals surface area contributed by atoms with Gasteiger partial charge in [-0.05, 0) is 60.4 Å². The van der Waals surface area contributed by atoms with Gasteiger partial charge in [-0.25, -0.2) is 0 Å². The summed E-state index contributed by atoms with van der Waals surface area (Å²) in [7, 11) is -17.0. The van der Waals surface area contributed by atoms with Crippen molar-refractivity contribution in [2.45, 2.75) is 29.2 Å². The molecular weight excluding hydrogens is 883 g/mol. The van der Waals surface area contributed by atoms with Crippen molar-refractivity contribution in [3.63, 3.8) is 0 Å². The molecule has 1 aliphatic carbocycles. The lowest BCUT2D eigenvalue weighted by Gasteiger charge is -2.37. The first kappa shape index (κ1) is 42.4. The van der Waals surface area contributed by atoms with Crippen molar-refractivity contribution in [3.8, 4) is 11.1 Å². The van der Waals surface area contributed by atoms with E-state index in [2.05, 4.69) is 0 Å². The lowest BCUT2D eigenvalue weighted by molar-refractivity contribution is 0.596. The fourth-order valence-corrected chi connectivity index (χ4v) is 22.1. The first-order valence-electron chi connectivity index (χ1n) is 21.0. The van der Waals surface area contributed by atoms with E-state index in [1.807, 2.05) is 184 Å². The van der Waals surface area contributed by atoms with Crippen LogP contribution in [-0.4, -0.2) is 16.8 Å². The second-order valence-electron chi connectivity index (χ2n) is 16.0. The maximum Gasteiger partial charge on any atom is 0.281 e. The highest BCUT2D eigenvalue weighted by Crippen LogP contribution is 2.76. The third-order valence-electron chi connectivity index (χ3n) is 12.0. The van der Waals surface area contributed by atoms with E-state index in [1.54, 1.807) is 48.5 Å². The Kier molecular flexibility index (Phi) is 10.7. The maximum atomic E-state index is 15.6. The Labute approximate surface area is 380 Å². The van der Waals surface area contributed by atoms with Crippen LogP contribution in [0.3, 0.4) is 0 Å². The van der Waals surface area contributed by atoms with Crippen LogP contribution in [0.2, 0.25) is 0 Å². The fourth-order valence-electron chi connectivity index (χ4n) is 9.03. The van der Waals surface area contributed by atoms with Gasteiger partial charge in [-0.2, -0.15) is 35.4 Å². The number of benzene rings is 8. The summed E-state index contributed by atoms with van der Waals surface area (Å²) in [6, 6.07) is 67.1. The number of hydrogen-bond donors (Lipinski definition) is 0. The zero-order chi connectivity index (χ0) is 44.9. The van der Waals surface area contributed by atoms with Crippen LogP contribution in [0, 0.1) is 13.8 Å². The standard InChI is InChI=1S/C53H42N4O4P2S2/c1-39-31-35-45(36-32-39)64(58,59)56-62(41-19-7-3-8-20-41,42-21-9-4-10-22-42)51-52(54-55-53(51)49-29-17-15-27-47(49)48-28-16-18-30-50(48)53)63(43-23-11-5-12-24-43,44-25-13-6-14-26-44)57-65(60,61)46-37-33-40(2)34-38-46/h3-38H,1-2H3. The molecule has 0 radical (unpaired) electrons. The largest absolute Gasteiger partial charge is 0.281 e. The third kappa shape index (κ3) is 6.95. The molecule has 8 aromatic rings. The molecule has 0 amide bonds.